The molecular formula is C14H23N3O2. The van der Waals surface area contributed by atoms with Gasteiger partial charge in [-0.05, 0) is 32.3 Å². The van der Waals surface area contributed by atoms with Crippen LogP contribution in [0.2, 0.25) is 0 Å². The van der Waals surface area contributed by atoms with Crippen molar-refractivity contribution in [3.63, 3.8) is 0 Å². The molecule has 0 fully saturated rings. The highest BCUT2D eigenvalue weighted by Gasteiger charge is 2.12. The largest absolute Gasteiger partial charge is 0.396 e. The number of nitrogens with one attached hydrogen (secondary N) is 1. The lowest BCUT2D eigenvalue weighted by Gasteiger charge is -2.08. The minimum absolute atomic E-state index is 0.0722. The van der Waals surface area contributed by atoms with E-state index in [1.807, 2.05) is 13.8 Å². The average Bonchev–Trinajstić information content (AvgIpc) is 2.42. The molecule has 0 atom stereocenters. The highest BCUT2D eigenvalue weighted by Crippen LogP contribution is 2.07. The third-order valence-corrected chi connectivity index (χ3v) is 2.94. The van der Waals surface area contributed by atoms with Crippen LogP contribution in [0.25, 0.3) is 0 Å². The van der Waals surface area contributed by atoms with Crippen molar-refractivity contribution in [2.45, 2.75) is 46.0 Å². The van der Waals surface area contributed by atoms with Crippen LogP contribution in [0, 0.1) is 6.92 Å². The number of aliphatic hydroxyl groups is 1. The van der Waals surface area contributed by atoms with Crippen molar-refractivity contribution in [1.29, 1.82) is 0 Å². The second-order valence-electron chi connectivity index (χ2n) is 4.59. The molecule has 19 heavy (non-hydrogen) atoms. The summed E-state index contributed by atoms with van der Waals surface area (Å²) < 4.78 is 0. The third-order valence-electron chi connectivity index (χ3n) is 2.94. The average molecular weight is 265 g/mol. The van der Waals surface area contributed by atoms with E-state index in [4.69, 9.17) is 5.11 Å². The quantitative estimate of drug-likeness (QED) is 0.701. The van der Waals surface area contributed by atoms with Crippen molar-refractivity contribution < 1.29 is 9.90 Å². The zero-order valence-electron chi connectivity index (χ0n) is 11.8. The Kier molecular flexibility index (Phi) is 7.03. The summed E-state index contributed by atoms with van der Waals surface area (Å²) in [5, 5.41) is 19.6. The first-order valence-electron chi connectivity index (χ1n) is 6.91. The molecule has 1 rings (SSSR count). The molecule has 0 bridgehead atoms. The first-order valence-corrected chi connectivity index (χ1v) is 6.91. The van der Waals surface area contributed by atoms with Crippen molar-refractivity contribution in [2.75, 3.05) is 13.2 Å². The van der Waals surface area contributed by atoms with Gasteiger partial charge in [-0.25, -0.2) is 0 Å². The van der Waals surface area contributed by atoms with Gasteiger partial charge in [0, 0.05) is 13.2 Å². The molecule has 106 valence electrons. The van der Waals surface area contributed by atoms with Crippen LogP contribution in [0.1, 0.15) is 54.4 Å². The van der Waals surface area contributed by atoms with Crippen LogP contribution in [0.3, 0.4) is 0 Å². The number of unbranched alkanes of at least 4 members (excludes halogenated alkanes) is 3. The summed E-state index contributed by atoms with van der Waals surface area (Å²) >= 11 is 0. The molecule has 5 nitrogen and oxygen atoms in total. The highest BCUT2D eigenvalue weighted by molar-refractivity contribution is 5.95. The van der Waals surface area contributed by atoms with Gasteiger partial charge in [-0.1, -0.05) is 19.8 Å². The SMILES string of the molecule is CCc1nnc(C)cc1C(=O)NCCCCCCO. The molecule has 0 spiro atoms. The number of nitrogens with zero attached hydrogens (tertiary/aromatic N) is 2. The van der Waals surface area contributed by atoms with E-state index in [9.17, 15) is 4.79 Å². The Morgan fingerprint density at radius 2 is 2.00 bits per heavy atom. The van der Waals surface area contributed by atoms with Gasteiger partial charge in [-0.15, -0.1) is 0 Å². The van der Waals surface area contributed by atoms with E-state index < -0.39 is 0 Å². The van der Waals surface area contributed by atoms with Crippen LogP contribution < -0.4 is 5.32 Å². The fraction of sp³-hybridized carbons (Fsp3) is 0.643. The van der Waals surface area contributed by atoms with Gasteiger partial charge >= 0.3 is 0 Å². The monoisotopic (exact) mass is 265 g/mol. The van der Waals surface area contributed by atoms with Gasteiger partial charge in [-0.3, -0.25) is 4.79 Å². The van der Waals surface area contributed by atoms with Crippen LogP contribution >= 0.6 is 0 Å². The summed E-state index contributed by atoms with van der Waals surface area (Å²) in [6.45, 7) is 4.70. The lowest BCUT2D eigenvalue weighted by molar-refractivity contribution is 0.0951. The number of carbonyl (C=O) groups excluding carboxylic acids is 1. The van der Waals surface area contributed by atoms with Crippen LogP contribution in [-0.4, -0.2) is 34.4 Å². The van der Waals surface area contributed by atoms with Gasteiger partial charge in [-0.2, -0.15) is 10.2 Å². The van der Waals surface area contributed by atoms with Gasteiger partial charge in [0.15, 0.2) is 0 Å². The molecule has 0 aromatic carbocycles. The summed E-state index contributed by atoms with van der Waals surface area (Å²) in [5.41, 5.74) is 2.12. The summed E-state index contributed by atoms with van der Waals surface area (Å²) in [5.74, 6) is -0.0722. The summed E-state index contributed by atoms with van der Waals surface area (Å²) in [6, 6.07) is 1.78. The Balaban J connectivity index is 2.43. The second kappa shape index (κ2) is 8.58. The maximum absolute atomic E-state index is 12.0. The van der Waals surface area contributed by atoms with E-state index in [1.165, 1.54) is 0 Å². The first kappa shape index (κ1) is 15.6. The molecule has 1 aromatic rings. The fourth-order valence-corrected chi connectivity index (χ4v) is 1.86. The third kappa shape index (κ3) is 5.34. The summed E-state index contributed by atoms with van der Waals surface area (Å²) in [7, 11) is 0. The number of aliphatic hydroxyl groups excluding tert-OH is 1. The van der Waals surface area contributed by atoms with E-state index in [-0.39, 0.29) is 12.5 Å². The van der Waals surface area contributed by atoms with Crippen molar-refractivity contribution in [3.05, 3.63) is 23.0 Å². The van der Waals surface area contributed by atoms with Crippen molar-refractivity contribution >= 4 is 5.91 Å². The Morgan fingerprint density at radius 1 is 1.26 bits per heavy atom. The van der Waals surface area contributed by atoms with Crippen LogP contribution in [0.5, 0.6) is 0 Å². The smallest absolute Gasteiger partial charge is 0.253 e. The Bertz CT molecular complexity index is 408. The lowest BCUT2D eigenvalue weighted by atomic mass is 10.1. The van der Waals surface area contributed by atoms with Crippen molar-refractivity contribution in [2.24, 2.45) is 0 Å². The normalized spacial score (nSPS) is 10.5. The molecule has 2 N–H and O–H groups in total. The molecule has 0 aliphatic heterocycles. The molecule has 0 saturated heterocycles. The fourth-order valence-electron chi connectivity index (χ4n) is 1.86. The topological polar surface area (TPSA) is 75.1 Å². The molecule has 0 unspecified atom stereocenters. The molecular weight excluding hydrogens is 242 g/mol. The predicted molar refractivity (Wildman–Crippen MR) is 74.0 cm³/mol. The number of hydrogen-bond donors (Lipinski definition) is 2. The van der Waals surface area contributed by atoms with Crippen molar-refractivity contribution in [3.8, 4) is 0 Å². The van der Waals surface area contributed by atoms with E-state index in [1.54, 1.807) is 6.07 Å². The Morgan fingerprint density at radius 3 is 2.68 bits per heavy atom. The minimum atomic E-state index is -0.0722. The minimum Gasteiger partial charge on any atom is -0.396 e. The number of amides is 1. The van der Waals surface area contributed by atoms with Crippen LogP contribution in [0.4, 0.5) is 0 Å². The van der Waals surface area contributed by atoms with Gasteiger partial charge < -0.3 is 10.4 Å². The highest BCUT2D eigenvalue weighted by atomic mass is 16.2. The van der Waals surface area contributed by atoms with E-state index in [2.05, 4.69) is 15.5 Å². The van der Waals surface area contributed by atoms with E-state index >= 15 is 0 Å². The van der Waals surface area contributed by atoms with E-state index in [0.29, 0.717) is 18.5 Å². The molecule has 0 aliphatic carbocycles. The Hall–Kier alpha value is -1.49. The lowest BCUT2D eigenvalue weighted by Crippen LogP contribution is -2.26. The van der Waals surface area contributed by atoms with Crippen LogP contribution in [-0.2, 0) is 6.42 Å². The number of carbonyl (C=O) groups is 1. The molecule has 0 aliphatic rings. The standard InChI is InChI=1S/C14H23N3O2/c1-3-13-12(10-11(2)16-17-13)14(19)15-8-6-4-5-7-9-18/h10,18H,3-9H2,1-2H3,(H,15,19). The summed E-state index contributed by atoms with van der Waals surface area (Å²) in [6.07, 6.45) is 4.50. The number of aryl methyl sites for hydroxylation is 2. The van der Waals surface area contributed by atoms with E-state index in [0.717, 1.165) is 37.1 Å². The van der Waals surface area contributed by atoms with Gasteiger partial charge in [0.2, 0.25) is 0 Å². The van der Waals surface area contributed by atoms with Gasteiger partial charge in [0.25, 0.3) is 5.91 Å². The molecule has 1 aromatic heterocycles. The van der Waals surface area contributed by atoms with Gasteiger partial charge in [0.05, 0.1) is 17.0 Å². The number of hydrogen-bond acceptors (Lipinski definition) is 4. The van der Waals surface area contributed by atoms with Crippen LogP contribution in [0.15, 0.2) is 6.07 Å². The molecule has 0 radical (unpaired) electrons. The molecule has 1 heterocycles. The molecule has 5 heteroatoms. The first-order chi connectivity index (χ1) is 9.19. The maximum atomic E-state index is 12.0. The predicted octanol–water partition coefficient (Wildman–Crippen LogP) is 1.63. The van der Waals surface area contributed by atoms with Gasteiger partial charge in [0.1, 0.15) is 0 Å². The maximum Gasteiger partial charge on any atom is 0.253 e. The molecule has 1 amide bonds. The Labute approximate surface area is 114 Å². The number of rotatable bonds is 8. The summed E-state index contributed by atoms with van der Waals surface area (Å²) in [4.78, 5) is 12.0. The zero-order chi connectivity index (χ0) is 14.1. The molecule has 0 saturated carbocycles. The second-order valence-corrected chi connectivity index (χ2v) is 4.59. The zero-order valence-corrected chi connectivity index (χ0v) is 11.8. The number of aromatic nitrogens is 2. The van der Waals surface area contributed by atoms with Crippen molar-refractivity contribution in [1.82, 2.24) is 15.5 Å².